The fraction of sp³-hybridized carbons (Fsp3) is 0.444. The molecule has 6 heteroatoms. The number of aromatic nitrogens is 5. The molecule has 0 saturated heterocycles. The number of hydrogen-bond acceptors (Lipinski definition) is 4. The van der Waals surface area contributed by atoms with Crippen molar-refractivity contribution in [3.05, 3.63) is 29.8 Å². The van der Waals surface area contributed by atoms with Crippen molar-refractivity contribution in [3.8, 4) is 0 Å². The molecule has 15 heavy (non-hydrogen) atoms. The van der Waals surface area contributed by atoms with Crippen molar-refractivity contribution in [1.29, 1.82) is 0 Å². The minimum absolute atomic E-state index is 0.721. The Hall–Kier alpha value is -1.69. The summed E-state index contributed by atoms with van der Waals surface area (Å²) in [6, 6.07) is 1.99. The Bertz CT molecular complexity index is 429. The van der Waals surface area contributed by atoms with E-state index in [1.807, 2.05) is 31.0 Å². The highest BCUT2D eigenvalue weighted by Crippen LogP contribution is 1.96. The smallest absolute Gasteiger partial charge is 0.0964 e. The monoisotopic (exact) mass is 206 g/mol. The van der Waals surface area contributed by atoms with Gasteiger partial charge in [-0.1, -0.05) is 5.21 Å². The number of aryl methyl sites for hydroxylation is 2. The molecule has 0 spiro atoms. The van der Waals surface area contributed by atoms with E-state index in [1.165, 1.54) is 0 Å². The normalized spacial score (nSPS) is 10.8. The van der Waals surface area contributed by atoms with Gasteiger partial charge in [0.1, 0.15) is 0 Å². The van der Waals surface area contributed by atoms with Crippen LogP contribution in [0.5, 0.6) is 0 Å². The van der Waals surface area contributed by atoms with Crippen LogP contribution >= 0.6 is 0 Å². The van der Waals surface area contributed by atoms with Crippen LogP contribution in [0.2, 0.25) is 0 Å². The van der Waals surface area contributed by atoms with E-state index in [2.05, 4.69) is 20.7 Å². The standard InChI is InChI=1S/C9H14N6/c1-14-7-8(12-13-14)5-10-6-9-3-4-11-15(9)2/h3-4,7,10H,5-6H2,1-2H3. The Morgan fingerprint density at radius 1 is 1.33 bits per heavy atom. The van der Waals surface area contributed by atoms with Gasteiger partial charge in [-0.05, 0) is 6.07 Å². The van der Waals surface area contributed by atoms with Gasteiger partial charge in [0.15, 0.2) is 0 Å². The summed E-state index contributed by atoms with van der Waals surface area (Å²) in [4.78, 5) is 0. The molecule has 0 amide bonds. The molecular formula is C9H14N6. The van der Waals surface area contributed by atoms with E-state index >= 15 is 0 Å². The lowest BCUT2D eigenvalue weighted by Gasteiger charge is -2.02. The van der Waals surface area contributed by atoms with E-state index in [1.54, 1.807) is 10.9 Å². The third-order valence-corrected chi connectivity index (χ3v) is 2.18. The molecule has 0 saturated carbocycles. The van der Waals surface area contributed by atoms with Gasteiger partial charge in [0.2, 0.25) is 0 Å². The maximum atomic E-state index is 4.09. The van der Waals surface area contributed by atoms with Gasteiger partial charge in [0.25, 0.3) is 0 Å². The van der Waals surface area contributed by atoms with Crippen LogP contribution in [0.25, 0.3) is 0 Å². The van der Waals surface area contributed by atoms with E-state index in [0.29, 0.717) is 0 Å². The van der Waals surface area contributed by atoms with Gasteiger partial charge in [-0.3, -0.25) is 9.36 Å². The summed E-state index contributed by atoms with van der Waals surface area (Å²) in [5, 5.41) is 15.2. The highest BCUT2D eigenvalue weighted by Gasteiger charge is 2.00. The van der Waals surface area contributed by atoms with Crippen LogP contribution in [-0.2, 0) is 27.2 Å². The molecule has 0 radical (unpaired) electrons. The quantitative estimate of drug-likeness (QED) is 0.755. The van der Waals surface area contributed by atoms with Crippen molar-refractivity contribution in [1.82, 2.24) is 30.1 Å². The summed E-state index contributed by atoms with van der Waals surface area (Å²) in [5.41, 5.74) is 2.10. The Kier molecular flexibility index (Phi) is 2.77. The summed E-state index contributed by atoms with van der Waals surface area (Å²) in [6.07, 6.45) is 3.69. The zero-order chi connectivity index (χ0) is 10.7. The average molecular weight is 206 g/mol. The number of rotatable bonds is 4. The average Bonchev–Trinajstić information content (AvgIpc) is 2.77. The molecule has 1 N–H and O–H groups in total. The molecule has 2 aromatic heterocycles. The second-order valence-electron chi connectivity index (χ2n) is 3.43. The van der Waals surface area contributed by atoms with Crippen LogP contribution in [0.4, 0.5) is 0 Å². The van der Waals surface area contributed by atoms with E-state index in [9.17, 15) is 0 Å². The fourth-order valence-electron chi connectivity index (χ4n) is 1.37. The number of nitrogens with zero attached hydrogens (tertiary/aromatic N) is 5. The predicted molar refractivity (Wildman–Crippen MR) is 54.8 cm³/mol. The second-order valence-corrected chi connectivity index (χ2v) is 3.43. The second kappa shape index (κ2) is 4.22. The van der Waals surface area contributed by atoms with Crippen molar-refractivity contribution in [2.75, 3.05) is 0 Å². The van der Waals surface area contributed by atoms with Gasteiger partial charge in [-0.25, -0.2) is 0 Å². The number of nitrogens with one attached hydrogen (secondary N) is 1. The molecule has 2 rings (SSSR count). The molecule has 2 heterocycles. The molecule has 80 valence electrons. The third-order valence-electron chi connectivity index (χ3n) is 2.18. The highest BCUT2D eigenvalue weighted by molar-refractivity contribution is 5.00. The van der Waals surface area contributed by atoms with Gasteiger partial charge in [-0.15, -0.1) is 5.10 Å². The van der Waals surface area contributed by atoms with Crippen LogP contribution in [0.3, 0.4) is 0 Å². The van der Waals surface area contributed by atoms with Crippen LogP contribution in [0.15, 0.2) is 18.5 Å². The summed E-state index contributed by atoms with van der Waals surface area (Å²) in [5.74, 6) is 0. The first-order valence-corrected chi connectivity index (χ1v) is 4.78. The minimum atomic E-state index is 0.721. The molecule has 0 aliphatic carbocycles. The van der Waals surface area contributed by atoms with Crippen molar-refractivity contribution in [3.63, 3.8) is 0 Å². The SMILES string of the molecule is Cn1cc(CNCc2ccnn2C)nn1. The van der Waals surface area contributed by atoms with E-state index in [-0.39, 0.29) is 0 Å². The van der Waals surface area contributed by atoms with Gasteiger partial charge in [-0.2, -0.15) is 5.10 Å². The Labute approximate surface area is 87.9 Å². The highest BCUT2D eigenvalue weighted by atomic mass is 15.4. The maximum Gasteiger partial charge on any atom is 0.0964 e. The first kappa shape index (κ1) is 9.85. The van der Waals surface area contributed by atoms with E-state index < -0.39 is 0 Å². The Morgan fingerprint density at radius 3 is 2.80 bits per heavy atom. The lowest BCUT2D eigenvalue weighted by molar-refractivity contribution is 0.618. The van der Waals surface area contributed by atoms with E-state index in [4.69, 9.17) is 0 Å². The zero-order valence-electron chi connectivity index (χ0n) is 8.88. The molecule has 0 fully saturated rings. The van der Waals surface area contributed by atoms with Gasteiger partial charge in [0.05, 0.1) is 11.4 Å². The molecule has 0 aromatic carbocycles. The van der Waals surface area contributed by atoms with Crippen LogP contribution < -0.4 is 5.32 Å². The molecule has 0 aliphatic rings. The molecule has 0 unspecified atom stereocenters. The zero-order valence-corrected chi connectivity index (χ0v) is 8.88. The van der Waals surface area contributed by atoms with Crippen LogP contribution in [0.1, 0.15) is 11.4 Å². The first-order valence-electron chi connectivity index (χ1n) is 4.78. The van der Waals surface area contributed by atoms with Crippen molar-refractivity contribution < 1.29 is 0 Å². The van der Waals surface area contributed by atoms with Gasteiger partial charge >= 0.3 is 0 Å². The fourth-order valence-corrected chi connectivity index (χ4v) is 1.37. The number of hydrogen-bond donors (Lipinski definition) is 1. The van der Waals surface area contributed by atoms with E-state index in [0.717, 1.165) is 24.5 Å². The van der Waals surface area contributed by atoms with Crippen LogP contribution in [0, 0.1) is 0 Å². The third kappa shape index (κ3) is 2.41. The van der Waals surface area contributed by atoms with Gasteiger partial charge in [0, 0.05) is 39.6 Å². The lowest BCUT2D eigenvalue weighted by Crippen LogP contribution is -2.15. The Morgan fingerprint density at radius 2 is 2.20 bits per heavy atom. The molecular weight excluding hydrogens is 192 g/mol. The first-order chi connectivity index (χ1) is 7.25. The summed E-state index contributed by atoms with van der Waals surface area (Å²) in [7, 11) is 3.79. The van der Waals surface area contributed by atoms with Gasteiger partial charge < -0.3 is 5.32 Å². The topological polar surface area (TPSA) is 60.6 Å². The molecule has 0 aliphatic heterocycles. The van der Waals surface area contributed by atoms with Crippen molar-refractivity contribution >= 4 is 0 Å². The minimum Gasteiger partial charge on any atom is -0.305 e. The maximum absolute atomic E-state index is 4.09. The molecule has 6 nitrogen and oxygen atoms in total. The lowest BCUT2D eigenvalue weighted by atomic mass is 10.4. The predicted octanol–water partition coefficient (Wildman–Crippen LogP) is -0.162. The Balaban J connectivity index is 1.83. The molecule has 0 bridgehead atoms. The summed E-state index contributed by atoms with van der Waals surface area (Å²) < 4.78 is 3.55. The summed E-state index contributed by atoms with van der Waals surface area (Å²) in [6.45, 7) is 1.51. The largest absolute Gasteiger partial charge is 0.305 e. The van der Waals surface area contributed by atoms with Crippen molar-refractivity contribution in [2.45, 2.75) is 13.1 Å². The van der Waals surface area contributed by atoms with Crippen LogP contribution in [-0.4, -0.2) is 24.8 Å². The van der Waals surface area contributed by atoms with Crippen molar-refractivity contribution in [2.24, 2.45) is 14.1 Å². The molecule has 2 aromatic rings. The summed E-state index contributed by atoms with van der Waals surface area (Å²) >= 11 is 0. The molecule has 0 atom stereocenters.